The smallest absolute Gasteiger partial charge is 0.161 e. The van der Waals surface area contributed by atoms with E-state index in [0.29, 0.717) is 35.0 Å². The quantitative estimate of drug-likeness (QED) is 0.776. The van der Waals surface area contributed by atoms with Crippen molar-refractivity contribution >= 4 is 0 Å². The number of aliphatic hydroxyl groups excluding tert-OH is 2. The van der Waals surface area contributed by atoms with Gasteiger partial charge >= 0.3 is 0 Å². The minimum atomic E-state index is -0.839. The standard InChI is InChI=1S/C19H24O5/c1-4-24-18-10-9-13(11-19(18)23-3)15(20)12-16(21)14-7-5-6-8-17(14)22-2/h5-11,15-16,20-21H,4,12H2,1-3H3. The lowest BCUT2D eigenvalue weighted by molar-refractivity contribution is 0.0787. The number of para-hydroxylation sites is 1. The Balaban J connectivity index is 2.15. The molecule has 0 fully saturated rings. The first kappa shape index (κ1) is 18.1. The molecule has 0 aliphatic heterocycles. The Morgan fingerprint density at radius 1 is 0.875 bits per heavy atom. The van der Waals surface area contributed by atoms with Gasteiger partial charge in [0.1, 0.15) is 5.75 Å². The molecule has 0 saturated heterocycles. The molecule has 2 unspecified atom stereocenters. The van der Waals surface area contributed by atoms with Crippen molar-refractivity contribution in [1.82, 2.24) is 0 Å². The molecule has 0 aliphatic carbocycles. The minimum absolute atomic E-state index is 0.150. The second kappa shape index (κ2) is 8.57. The van der Waals surface area contributed by atoms with Gasteiger partial charge < -0.3 is 24.4 Å². The maximum atomic E-state index is 10.5. The van der Waals surface area contributed by atoms with Crippen molar-refractivity contribution in [2.75, 3.05) is 20.8 Å². The fraction of sp³-hybridized carbons (Fsp3) is 0.368. The van der Waals surface area contributed by atoms with Crippen LogP contribution in [0.15, 0.2) is 42.5 Å². The molecule has 5 heteroatoms. The Morgan fingerprint density at radius 2 is 1.58 bits per heavy atom. The predicted octanol–water partition coefficient (Wildman–Crippen LogP) is 3.26. The van der Waals surface area contributed by atoms with Crippen LogP contribution in [-0.2, 0) is 0 Å². The van der Waals surface area contributed by atoms with Crippen LogP contribution in [0.5, 0.6) is 17.2 Å². The summed E-state index contributed by atoms with van der Waals surface area (Å²) in [5, 5.41) is 20.9. The summed E-state index contributed by atoms with van der Waals surface area (Å²) in [5.41, 5.74) is 1.31. The van der Waals surface area contributed by atoms with Gasteiger partial charge in [-0.2, -0.15) is 0 Å². The van der Waals surface area contributed by atoms with Crippen LogP contribution in [0.4, 0.5) is 0 Å². The maximum absolute atomic E-state index is 10.5. The van der Waals surface area contributed by atoms with E-state index in [0.717, 1.165) is 0 Å². The molecule has 2 atom stereocenters. The predicted molar refractivity (Wildman–Crippen MR) is 91.7 cm³/mol. The highest BCUT2D eigenvalue weighted by molar-refractivity contribution is 5.44. The van der Waals surface area contributed by atoms with Crippen molar-refractivity contribution in [3.63, 3.8) is 0 Å². The van der Waals surface area contributed by atoms with Crippen LogP contribution in [0.2, 0.25) is 0 Å². The van der Waals surface area contributed by atoms with Gasteiger partial charge in [-0.1, -0.05) is 24.3 Å². The zero-order valence-corrected chi connectivity index (χ0v) is 14.2. The first-order valence-corrected chi connectivity index (χ1v) is 7.90. The summed E-state index contributed by atoms with van der Waals surface area (Å²) in [6.07, 6.45) is -1.53. The molecule has 130 valence electrons. The van der Waals surface area contributed by atoms with Crippen LogP contribution >= 0.6 is 0 Å². The van der Waals surface area contributed by atoms with Gasteiger partial charge in [0.25, 0.3) is 0 Å². The molecule has 24 heavy (non-hydrogen) atoms. The summed E-state index contributed by atoms with van der Waals surface area (Å²) in [4.78, 5) is 0. The zero-order valence-electron chi connectivity index (χ0n) is 14.2. The number of aliphatic hydroxyl groups is 2. The monoisotopic (exact) mass is 332 g/mol. The normalized spacial score (nSPS) is 13.2. The average molecular weight is 332 g/mol. The molecule has 0 saturated carbocycles. The summed E-state index contributed by atoms with van der Waals surface area (Å²) in [5.74, 6) is 1.78. The van der Waals surface area contributed by atoms with Crippen molar-refractivity contribution in [3.05, 3.63) is 53.6 Å². The minimum Gasteiger partial charge on any atom is -0.496 e. The van der Waals surface area contributed by atoms with E-state index in [4.69, 9.17) is 14.2 Å². The molecule has 2 N–H and O–H groups in total. The summed E-state index contributed by atoms with van der Waals surface area (Å²) < 4.78 is 16.0. The van der Waals surface area contributed by atoms with E-state index in [1.165, 1.54) is 0 Å². The zero-order chi connectivity index (χ0) is 17.5. The second-order valence-electron chi connectivity index (χ2n) is 5.35. The molecule has 0 aliphatic rings. The Labute approximate surface area is 142 Å². The van der Waals surface area contributed by atoms with Crippen molar-refractivity contribution < 1.29 is 24.4 Å². The number of rotatable bonds is 8. The van der Waals surface area contributed by atoms with Crippen LogP contribution in [0, 0.1) is 0 Å². The maximum Gasteiger partial charge on any atom is 0.161 e. The van der Waals surface area contributed by atoms with E-state index >= 15 is 0 Å². The van der Waals surface area contributed by atoms with Crippen LogP contribution in [0.3, 0.4) is 0 Å². The molecule has 5 nitrogen and oxygen atoms in total. The molecular weight excluding hydrogens is 308 g/mol. The SMILES string of the molecule is CCOc1ccc(C(O)CC(O)c2ccccc2OC)cc1OC. The third kappa shape index (κ3) is 4.19. The molecule has 2 rings (SSSR count). The van der Waals surface area contributed by atoms with E-state index in [1.807, 2.05) is 19.1 Å². The van der Waals surface area contributed by atoms with Crippen LogP contribution in [0.1, 0.15) is 36.7 Å². The van der Waals surface area contributed by atoms with Crippen molar-refractivity contribution in [3.8, 4) is 17.2 Å². The molecule has 0 aromatic heterocycles. The lowest BCUT2D eigenvalue weighted by atomic mass is 9.98. The van der Waals surface area contributed by atoms with Gasteiger partial charge in [-0.3, -0.25) is 0 Å². The average Bonchev–Trinajstić information content (AvgIpc) is 2.62. The molecule has 2 aromatic rings. The first-order valence-electron chi connectivity index (χ1n) is 7.90. The number of hydrogen-bond acceptors (Lipinski definition) is 5. The van der Waals surface area contributed by atoms with Gasteiger partial charge in [0.05, 0.1) is 33.0 Å². The van der Waals surface area contributed by atoms with Gasteiger partial charge in [-0.05, 0) is 30.7 Å². The number of benzene rings is 2. The third-order valence-corrected chi connectivity index (χ3v) is 3.82. The summed E-state index contributed by atoms with van der Waals surface area (Å²) >= 11 is 0. The fourth-order valence-corrected chi connectivity index (χ4v) is 2.58. The highest BCUT2D eigenvalue weighted by atomic mass is 16.5. The van der Waals surface area contributed by atoms with E-state index in [-0.39, 0.29) is 6.42 Å². The molecule has 0 spiro atoms. The molecule has 0 heterocycles. The molecule has 0 bridgehead atoms. The number of methoxy groups -OCH3 is 2. The molecule has 0 amide bonds. The summed E-state index contributed by atoms with van der Waals surface area (Å²) in [6.45, 7) is 2.43. The van der Waals surface area contributed by atoms with E-state index in [1.54, 1.807) is 44.6 Å². The van der Waals surface area contributed by atoms with Crippen LogP contribution in [0.25, 0.3) is 0 Å². The van der Waals surface area contributed by atoms with Gasteiger partial charge in [0, 0.05) is 12.0 Å². The van der Waals surface area contributed by atoms with Crippen LogP contribution in [-0.4, -0.2) is 31.0 Å². The van der Waals surface area contributed by atoms with E-state index in [9.17, 15) is 10.2 Å². The number of hydrogen-bond donors (Lipinski definition) is 2. The van der Waals surface area contributed by atoms with E-state index in [2.05, 4.69) is 0 Å². The fourth-order valence-electron chi connectivity index (χ4n) is 2.58. The second-order valence-corrected chi connectivity index (χ2v) is 5.35. The lowest BCUT2D eigenvalue weighted by Crippen LogP contribution is -2.07. The topological polar surface area (TPSA) is 68.2 Å². The number of ether oxygens (including phenoxy) is 3. The van der Waals surface area contributed by atoms with Gasteiger partial charge in [-0.25, -0.2) is 0 Å². The Kier molecular flexibility index (Phi) is 6.46. The van der Waals surface area contributed by atoms with Crippen molar-refractivity contribution in [2.24, 2.45) is 0 Å². The summed E-state index contributed by atoms with van der Waals surface area (Å²) in [7, 11) is 3.11. The van der Waals surface area contributed by atoms with Gasteiger partial charge in [0.15, 0.2) is 11.5 Å². The largest absolute Gasteiger partial charge is 0.496 e. The Bertz CT molecular complexity index is 656. The van der Waals surface area contributed by atoms with Crippen molar-refractivity contribution in [2.45, 2.75) is 25.6 Å². The highest BCUT2D eigenvalue weighted by Crippen LogP contribution is 2.35. The highest BCUT2D eigenvalue weighted by Gasteiger charge is 2.19. The van der Waals surface area contributed by atoms with Crippen LogP contribution < -0.4 is 14.2 Å². The van der Waals surface area contributed by atoms with Crippen molar-refractivity contribution in [1.29, 1.82) is 0 Å². The first-order chi connectivity index (χ1) is 11.6. The Morgan fingerprint density at radius 3 is 2.25 bits per heavy atom. The summed E-state index contributed by atoms with van der Waals surface area (Å²) in [6, 6.07) is 12.5. The van der Waals surface area contributed by atoms with E-state index < -0.39 is 12.2 Å². The third-order valence-electron chi connectivity index (χ3n) is 3.82. The molecule has 0 radical (unpaired) electrons. The van der Waals surface area contributed by atoms with Gasteiger partial charge in [-0.15, -0.1) is 0 Å². The van der Waals surface area contributed by atoms with Gasteiger partial charge in [0.2, 0.25) is 0 Å². The Hall–Kier alpha value is -2.24. The molecular formula is C19H24O5. The lowest BCUT2D eigenvalue weighted by Gasteiger charge is -2.19. The molecule has 2 aromatic carbocycles.